The SMILES string of the molecule is CCNc1ncnc(N(CC)Cc2ccccn2)c1C. The maximum atomic E-state index is 4.44. The van der Waals surface area contributed by atoms with Gasteiger partial charge in [0.15, 0.2) is 0 Å². The number of aromatic nitrogens is 3. The highest BCUT2D eigenvalue weighted by Crippen LogP contribution is 2.23. The van der Waals surface area contributed by atoms with Crippen LogP contribution in [-0.2, 0) is 6.54 Å². The molecule has 0 aliphatic heterocycles. The average Bonchev–Trinajstić information content (AvgIpc) is 2.49. The molecule has 0 spiro atoms. The van der Waals surface area contributed by atoms with Crippen LogP contribution in [0.1, 0.15) is 25.1 Å². The predicted octanol–water partition coefficient (Wildman–Crippen LogP) is 2.64. The van der Waals surface area contributed by atoms with E-state index in [1.54, 1.807) is 6.33 Å². The van der Waals surface area contributed by atoms with Crippen LogP contribution in [0.3, 0.4) is 0 Å². The minimum Gasteiger partial charge on any atom is -0.370 e. The molecule has 0 radical (unpaired) electrons. The van der Waals surface area contributed by atoms with Gasteiger partial charge in [-0.1, -0.05) is 6.07 Å². The van der Waals surface area contributed by atoms with E-state index in [2.05, 4.69) is 45.9 Å². The minimum absolute atomic E-state index is 0.751. The lowest BCUT2D eigenvalue weighted by atomic mass is 10.2. The molecule has 2 aromatic rings. The van der Waals surface area contributed by atoms with Crippen LogP contribution in [0.2, 0.25) is 0 Å². The number of anilines is 2. The molecular formula is C15H21N5. The van der Waals surface area contributed by atoms with Gasteiger partial charge >= 0.3 is 0 Å². The fraction of sp³-hybridized carbons (Fsp3) is 0.400. The van der Waals surface area contributed by atoms with Gasteiger partial charge < -0.3 is 10.2 Å². The summed E-state index contributed by atoms with van der Waals surface area (Å²) in [5.74, 6) is 1.86. The summed E-state index contributed by atoms with van der Waals surface area (Å²) in [7, 11) is 0. The Labute approximate surface area is 120 Å². The van der Waals surface area contributed by atoms with Crippen molar-refractivity contribution in [2.24, 2.45) is 0 Å². The van der Waals surface area contributed by atoms with Crippen LogP contribution in [0.4, 0.5) is 11.6 Å². The fourth-order valence-electron chi connectivity index (χ4n) is 2.13. The summed E-state index contributed by atoms with van der Waals surface area (Å²) < 4.78 is 0. The molecule has 0 fully saturated rings. The first kappa shape index (κ1) is 14.2. The van der Waals surface area contributed by atoms with E-state index in [4.69, 9.17) is 0 Å². The Morgan fingerprint density at radius 2 is 2.00 bits per heavy atom. The zero-order valence-electron chi connectivity index (χ0n) is 12.3. The van der Waals surface area contributed by atoms with Crippen LogP contribution >= 0.6 is 0 Å². The van der Waals surface area contributed by atoms with Crippen LogP contribution < -0.4 is 10.2 Å². The van der Waals surface area contributed by atoms with Crippen LogP contribution in [0, 0.1) is 6.92 Å². The second-order valence-corrected chi connectivity index (χ2v) is 4.54. The summed E-state index contributed by atoms with van der Waals surface area (Å²) >= 11 is 0. The van der Waals surface area contributed by atoms with Crippen molar-refractivity contribution in [1.29, 1.82) is 0 Å². The van der Waals surface area contributed by atoms with Crippen molar-refractivity contribution in [3.05, 3.63) is 42.0 Å². The van der Waals surface area contributed by atoms with Crippen molar-refractivity contribution < 1.29 is 0 Å². The van der Waals surface area contributed by atoms with Gasteiger partial charge in [-0.25, -0.2) is 9.97 Å². The maximum absolute atomic E-state index is 4.44. The van der Waals surface area contributed by atoms with Crippen molar-refractivity contribution in [1.82, 2.24) is 15.0 Å². The Morgan fingerprint density at radius 3 is 2.65 bits per heavy atom. The van der Waals surface area contributed by atoms with Crippen molar-refractivity contribution in [3.8, 4) is 0 Å². The summed E-state index contributed by atoms with van der Waals surface area (Å²) in [5, 5.41) is 3.27. The van der Waals surface area contributed by atoms with Gasteiger partial charge in [0.2, 0.25) is 0 Å². The number of pyridine rings is 1. The lowest BCUT2D eigenvalue weighted by Gasteiger charge is -2.24. The molecule has 0 aliphatic carbocycles. The predicted molar refractivity (Wildman–Crippen MR) is 81.9 cm³/mol. The van der Waals surface area contributed by atoms with Crippen molar-refractivity contribution in [2.45, 2.75) is 27.3 Å². The zero-order chi connectivity index (χ0) is 14.4. The first-order valence-electron chi connectivity index (χ1n) is 6.96. The van der Waals surface area contributed by atoms with Crippen LogP contribution in [0.25, 0.3) is 0 Å². The quantitative estimate of drug-likeness (QED) is 0.875. The van der Waals surface area contributed by atoms with Crippen LogP contribution in [0.5, 0.6) is 0 Å². The van der Waals surface area contributed by atoms with E-state index in [9.17, 15) is 0 Å². The summed E-state index contributed by atoms with van der Waals surface area (Å²) in [6.07, 6.45) is 3.43. The fourth-order valence-corrected chi connectivity index (χ4v) is 2.13. The molecule has 2 heterocycles. The van der Waals surface area contributed by atoms with E-state index in [1.807, 2.05) is 24.4 Å². The summed E-state index contributed by atoms with van der Waals surface area (Å²) in [5.41, 5.74) is 2.12. The highest BCUT2D eigenvalue weighted by atomic mass is 15.2. The first-order valence-corrected chi connectivity index (χ1v) is 6.96. The zero-order valence-corrected chi connectivity index (χ0v) is 12.3. The second-order valence-electron chi connectivity index (χ2n) is 4.54. The largest absolute Gasteiger partial charge is 0.370 e. The van der Waals surface area contributed by atoms with Gasteiger partial charge in [-0.2, -0.15) is 0 Å². The number of nitrogens with one attached hydrogen (secondary N) is 1. The monoisotopic (exact) mass is 271 g/mol. The van der Waals surface area contributed by atoms with E-state index in [1.165, 1.54) is 0 Å². The van der Waals surface area contributed by atoms with Gasteiger partial charge in [0, 0.05) is 24.8 Å². The van der Waals surface area contributed by atoms with Crippen molar-refractivity contribution in [3.63, 3.8) is 0 Å². The Balaban J connectivity index is 2.25. The Hall–Kier alpha value is -2.17. The maximum Gasteiger partial charge on any atom is 0.137 e. The highest BCUT2D eigenvalue weighted by molar-refractivity contribution is 5.57. The third kappa shape index (κ3) is 3.23. The standard InChI is InChI=1S/C15H21N5/c1-4-16-14-12(3)15(19-11-18-14)20(5-2)10-13-8-6-7-9-17-13/h6-9,11H,4-5,10H2,1-3H3,(H,16,18,19). The van der Waals surface area contributed by atoms with Gasteiger partial charge in [-0.05, 0) is 32.9 Å². The number of hydrogen-bond donors (Lipinski definition) is 1. The van der Waals surface area contributed by atoms with Gasteiger partial charge in [0.1, 0.15) is 18.0 Å². The summed E-state index contributed by atoms with van der Waals surface area (Å²) in [6.45, 7) is 8.71. The average molecular weight is 271 g/mol. The van der Waals surface area contributed by atoms with Crippen molar-refractivity contribution in [2.75, 3.05) is 23.3 Å². The minimum atomic E-state index is 0.751. The molecule has 5 heteroatoms. The molecular weight excluding hydrogens is 250 g/mol. The molecule has 106 valence electrons. The molecule has 0 aromatic carbocycles. The molecule has 20 heavy (non-hydrogen) atoms. The molecule has 0 saturated carbocycles. The van der Waals surface area contributed by atoms with Gasteiger partial charge in [0.05, 0.1) is 12.2 Å². The number of hydrogen-bond acceptors (Lipinski definition) is 5. The third-order valence-electron chi connectivity index (χ3n) is 3.16. The van der Waals surface area contributed by atoms with Gasteiger partial charge in [-0.3, -0.25) is 4.98 Å². The van der Waals surface area contributed by atoms with Gasteiger partial charge in [0.25, 0.3) is 0 Å². The molecule has 0 aliphatic rings. The van der Waals surface area contributed by atoms with E-state index in [0.717, 1.165) is 42.5 Å². The van der Waals surface area contributed by atoms with Gasteiger partial charge in [-0.15, -0.1) is 0 Å². The topological polar surface area (TPSA) is 53.9 Å². The lowest BCUT2D eigenvalue weighted by Crippen LogP contribution is -2.25. The molecule has 0 bridgehead atoms. The van der Waals surface area contributed by atoms with E-state index in [-0.39, 0.29) is 0 Å². The molecule has 0 atom stereocenters. The number of nitrogens with zero attached hydrogens (tertiary/aromatic N) is 4. The van der Waals surface area contributed by atoms with Crippen molar-refractivity contribution >= 4 is 11.6 Å². The molecule has 0 amide bonds. The molecule has 2 rings (SSSR count). The first-order chi connectivity index (χ1) is 9.76. The van der Waals surface area contributed by atoms with E-state index < -0.39 is 0 Å². The normalized spacial score (nSPS) is 10.3. The van der Waals surface area contributed by atoms with E-state index in [0.29, 0.717) is 0 Å². The summed E-state index contributed by atoms with van der Waals surface area (Å²) in [6, 6.07) is 5.97. The Morgan fingerprint density at radius 1 is 1.15 bits per heavy atom. The number of rotatable bonds is 6. The summed E-state index contributed by atoms with van der Waals surface area (Å²) in [4.78, 5) is 15.3. The Kier molecular flexibility index (Phi) is 4.87. The second kappa shape index (κ2) is 6.84. The third-order valence-corrected chi connectivity index (χ3v) is 3.16. The van der Waals surface area contributed by atoms with Crippen LogP contribution in [-0.4, -0.2) is 28.0 Å². The molecule has 1 N–H and O–H groups in total. The smallest absolute Gasteiger partial charge is 0.137 e. The molecule has 0 unspecified atom stereocenters. The molecule has 2 aromatic heterocycles. The molecule has 5 nitrogen and oxygen atoms in total. The van der Waals surface area contributed by atoms with Crippen LogP contribution in [0.15, 0.2) is 30.7 Å². The molecule has 0 saturated heterocycles. The Bertz CT molecular complexity index is 541. The highest BCUT2D eigenvalue weighted by Gasteiger charge is 2.13. The lowest BCUT2D eigenvalue weighted by molar-refractivity contribution is 0.786. The van der Waals surface area contributed by atoms with E-state index >= 15 is 0 Å².